The number of nitrogens with zero attached hydrogens (tertiary/aromatic N) is 3. The van der Waals surface area contributed by atoms with Crippen molar-refractivity contribution in [2.24, 2.45) is 0 Å². The second-order valence-corrected chi connectivity index (χ2v) is 9.33. The van der Waals surface area contributed by atoms with Crippen LogP contribution in [0, 0.1) is 13.0 Å². The molecule has 0 saturated carbocycles. The Morgan fingerprint density at radius 2 is 1.58 bits per heavy atom. The largest absolute Gasteiger partial charge is 0.404 e. The maximum absolute atomic E-state index is 4.79. The van der Waals surface area contributed by atoms with Gasteiger partial charge in [0.25, 0.3) is 0 Å². The fraction of sp³-hybridized carbons (Fsp3) is 0.250. The number of hydrogen-bond acceptors (Lipinski definition) is 2. The van der Waals surface area contributed by atoms with Gasteiger partial charge in [-0.25, -0.2) is 0 Å². The van der Waals surface area contributed by atoms with E-state index in [2.05, 4.69) is 117 Å². The number of imidazole rings is 1. The molecule has 0 fully saturated rings. The molecule has 0 unspecified atom stereocenters. The maximum atomic E-state index is 4.79. The molecule has 5 heteroatoms. The Hall–Kier alpha value is -2.62. The standard InChI is InChI=1S/C28H29BN3.Ir/c1-19(2)23-12-9-13-24(20(3)4)27(23)29-31-17-16-30-28(31)25-15-14-21(5)18-26(25)32(29)22-10-7-6-8-11-22;/h6-14,16-20H,1-5H3;/q-1;. The van der Waals surface area contributed by atoms with Crippen LogP contribution >= 0.6 is 0 Å². The number of fused-ring (bicyclic) bond motifs is 3. The summed E-state index contributed by atoms with van der Waals surface area (Å²) >= 11 is 0. The molecule has 169 valence electrons. The zero-order chi connectivity index (χ0) is 22.4. The molecule has 0 N–H and O–H groups in total. The smallest absolute Gasteiger partial charge is 0.404 e. The molecule has 2 heterocycles. The van der Waals surface area contributed by atoms with Crippen LogP contribution in [0.15, 0.2) is 73.1 Å². The Morgan fingerprint density at radius 3 is 2.21 bits per heavy atom. The van der Waals surface area contributed by atoms with E-state index in [1.807, 2.05) is 6.20 Å². The third-order valence-electron chi connectivity index (χ3n) is 6.43. The summed E-state index contributed by atoms with van der Waals surface area (Å²) in [6.45, 7) is 11.3. The number of aryl methyl sites for hydroxylation is 1. The first-order valence-corrected chi connectivity index (χ1v) is 11.5. The second-order valence-electron chi connectivity index (χ2n) is 9.33. The van der Waals surface area contributed by atoms with Crippen LogP contribution in [-0.2, 0) is 20.1 Å². The molecule has 0 atom stereocenters. The Morgan fingerprint density at radius 1 is 0.909 bits per heavy atom. The Kier molecular flexibility index (Phi) is 6.65. The number of hydrogen-bond donors (Lipinski definition) is 0. The van der Waals surface area contributed by atoms with Gasteiger partial charge in [-0.3, -0.25) is 4.98 Å². The van der Waals surface area contributed by atoms with Crippen molar-refractivity contribution < 1.29 is 20.1 Å². The van der Waals surface area contributed by atoms with Crippen LogP contribution < -0.4 is 10.3 Å². The Labute approximate surface area is 211 Å². The van der Waals surface area contributed by atoms with Gasteiger partial charge < -0.3 is 9.29 Å². The van der Waals surface area contributed by atoms with E-state index >= 15 is 0 Å². The minimum atomic E-state index is -0.0198. The van der Waals surface area contributed by atoms with Crippen molar-refractivity contribution in [2.45, 2.75) is 46.5 Å². The zero-order valence-electron chi connectivity index (χ0n) is 19.8. The first-order chi connectivity index (χ1) is 15.5. The van der Waals surface area contributed by atoms with Crippen molar-refractivity contribution in [3.63, 3.8) is 0 Å². The van der Waals surface area contributed by atoms with Crippen molar-refractivity contribution in [1.29, 1.82) is 0 Å². The summed E-state index contributed by atoms with van der Waals surface area (Å²) < 4.78 is 2.33. The fourth-order valence-corrected chi connectivity index (χ4v) is 4.96. The average Bonchev–Trinajstić information content (AvgIpc) is 3.27. The van der Waals surface area contributed by atoms with E-state index in [4.69, 9.17) is 4.98 Å². The van der Waals surface area contributed by atoms with Crippen LogP contribution in [-0.4, -0.2) is 16.4 Å². The molecule has 3 aromatic carbocycles. The monoisotopic (exact) mass is 611 g/mol. The summed E-state index contributed by atoms with van der Waals surface area (Å²) in [5, 5.41) is 0. The summed E-state index contributed by atoms with van der Waals surface area (Å²) in [6.07, 6.45) is 4.04. The Bertz CT molecular complexity index is 1240. The summed E-state index contributed by atoms with van der Waals surface area (Å²) in [5.74, 6) is 1.81. The van der Waals surface area contributed by atoms with Gasteiger partial charge in [0.1, 0.15) is 0 Å². The van der Waals surface area contributed by atoms with Crippen molar-refractivity contribution >= 4 is 23.8 Å². The molecule has 4 aromatic rings. The van der Waals surface area contributed by atoms with E-state index in [1.165, 1.54) is 27.8 Å². The third-order valence-corrected chi connectivity index (χ3v) is 6.43. The van der Waals surface area contributed by atoms with Gasteiger partial charge in [0.2, 0.25) is 0 Å². The van der Waals surface area contributed by atoms with Crippen molar-refractivity contribution in [3.05, 3.63) is 95.8 Å². The average molecular weight is 611 g/mol. The molecule has 1 aliphatic rings. The van der Waals surface area contributed by atoms with E-state index in [9.17, 15) is 0 Å². The number of aromatic nitrogens is 2. The van der Waals surface area contributed by atoms with E-state index < -0.39 is 0 Å². The van der Waals surface area contributed by atoms with Crippen molar-refractivity contribution in [1.82, 2.24) is 9.46 Å². The minimum absolute atomic E-state index is 0. The van der Waals surface area contributed by atoms with Gasteiger partial charge in [-0.1, -0.05) is 76.6 Å². The predicted molar refractivity (Wildman–Crippen MR) is 135 cm³/mol. The first kappa shape index (κ1) is 23.5. The summed E-state index contributed by atoms with van der Waals surface area (Å²) in [7, 11) is 0. The summed E-state index contributed by atoms with van der Waals surface area (Å²) in [6, 6.07) is 25.4. The summed E-state index contributed by atoms with van der Waals surface area (Å²) in [5.41, 5.74) is 8.74. The number of anilines is 2. The van der Waals surface area contributed by atoms with Crippen molar-refractivity contribution in [3.8, 4) is 11.4 Å². The van der Waals surface area contributed by atoms with Gasteiger partial charge in [-0.05, 0) is 46.2 Å². The first-order valence-electron chi connectivity index (χ1n) is 11.5. The molecule has 0 saturated heterocycles. The van der Waals surface area contributed by atoms with Crippen LogP contribution in [0.2, 0.25) is 0 Å². The number of para-hydroxylation sites is 1. The van der Waals surface area contributed by atoms with Gasteiger partial charge in [-0.2, -0.15) is 0 Å². The number of rotatable bonds is 4. The van der Waals surface area contributed by atoms with E-state index in [-0.39, 0.29) is 27.1 Å². The minimum Gasteiger partial charge on any atom is -0.404 e. The third kappa shape index (κ3) is 3.98. The van der Waals surface area contributed by atoms with Crippen molar-refractivity contribution in [2.75, 3.05) is 4.81 Å². The van der Waals surface area contributed by atoms with Crippen LogP contribution in [0.5, 0.6) is 0 Å². The fourth-order valence-electron chi connectivity index (χ4n) is 4.96. The number of benzene rings is 3. The zero-order valence-corrected chi connectivity index (χ0v) is 22.2. The van der Waals surface area contributed by atoms with Gasteiger partial charge in [-0.15, -0.1) is 23.8 Å². The van der Waals surface area contributed by atoms with Crippen LogP contribution in [0.3, 0.4) is 0 Å². The molecule has 1 aromatic heterocycles. The van der Waals surface area contributed by atoms with E-state index in [1.54, 1.807) is 0 Å². The molecule has 0 spiro atoms. The maximum Gasteiger partial charge on any atom is 0.404 e. The van der Waals surface area contributed by atoms with Crippen LogP contribution in [0.1, 0.15) is 56.2 Å². The molecular formula is C28H29BIrN3-. The second kappa shape index (κ2) is 9.33. The van der Waals surface area contributed by atoms with Gasteiger partial charge in [0, 0.05) is 44.0 Å². The molecular weight excluding hydrogens is 581 g/mol. The van der Waals surface area contributed by atoms with Gasteiger partial charge in [0.05, 0.1) is 0 Å². The molecule has 0 amide bonds. The Balaban J connectivity index is 0.00000259. The topological polar surface area (TPSA) is 21.1 Å². The van der Waals surface area contributed by atoms with Crippen LogP contribution in [0.4, 0.5) is 11.4 Å². The normalized spacial score (nSPS) is 12.6. The molecule has 3 nitrogen and oxygen atoms in total. The van der Waals surface area contributed by atoms with E-state index in [0.717, 1.165) is 17.1 Å². The quantitative estimate of drug-likeness (QED) is 0.200. The molecule has 0 aliphatic carbocycles. The van der Waals surface area contributed by atoms with E-state index in [0.29, 0.717) is 11.8 Å². The van der Waals surface area contributed by atoms with Crippen LogP contribution in [0.25, 0.3) is 11.4 Å². The predicted octanol–water partition coefficient (Wildman–Crippen LogP) is 6.30. The molecule has 5 rings (SSSR count). The molecule has 1 radical (unpaired) electrons. The van der Waals surface area contributed by atoms with Gasteiger partial charge >= 0.3 is 6.98 Å². The molecule has 33 heavy (non-hydrogen) atoms. The molecule has 0 bridgehead atoms. The SMILES string of the molecule is Cc1c[c-]c2c(c1)N(c1ccccc1)B(c1c(C(C)C)cccc1C(C)C)n1ccnc1-2.[Ir]. The summed E-state index contributed by atoms with van der Waals surface area (Å²) in [4.78, 5) is 7.26. The molecule has 1 aliphatic heterocycles. The van der Waals surface area contributed by atoms with Gasteiger partial charge in [0.15, 0.2) is 0 Å².